The van der Waals surface area contributed by atoms with Gasteiger partial charge in [-0.2, -0.15) is 0 Å². The first kappa shape index (κ1) is 15.9. The Bertz CT molecular complexity index is 648. The van der Waals surface area contributed by atoms with Crippen molar-refractivity contribution < 1.29 is 4.79 Å². The number of carbonyl (C=O) groups is 1. The van der Waals surface area contributed by atoms with Gasteiger partial charge in [0.25, 0.3) is 0 Å². The molecule has 5 fully saturated rings. The summed E-state index contributed by atoms with van der Waals surface area (Å²) in [7, 11) is 0. The number of amides is 1. The lowest BCUT2D eigenvalue weighted by Crippen LogP contribution is -2.60. The molecule has 1 aromatic rings. The van der Waals surface area contributed by atoms with Gasteiger partial charge in [-0.25, -0.2) is 0 Å². The maximum Gasteiger partial charge on any atom is 0.228 e. The van der Waals surface area contributed by atoms with Crippen LogP contribution in [0.4, 0.5) is 0 Å². The molecule has 6 rings (SSSR count). The van der Waals surface area contributed by atoms with Crippen molar-refractivity contribution in [2.75, 3.05) is 13.1 Å². The lowest BCUT2D eigenvalue weighted by atomic mass is 9.42. The highest BCUT2D eigenvalue weighted by Gasteiger charge is 2.61. The number of nitrogens with zero attached hydrogens (tertiary/aromatic N) is 1. The molecule has 2 unspecified atom stereocenters. The second-order valence-corrected chi connectivity index (χ2v) is 9.52. The number of piperidine rings is 1. The molecule has 0 aromatic heterocycles. The Labute approximate surface area is 151 Å². The zero-order chi connectivity index (χ0) is 17.1. The normalized spacial score (nSPS) is 40.4. The van der Waals surface area contributed by atoms with Crippen molar-refractivity contribution in [2.45, 2.75) is 62.8 Å². The summed E-state index contributed by atoms with van der Waals surface area (Å²) in [5.74, 6) is 1.96. The van der Waals surface area contributed by atoms with E-state index in [-0.39, 0.29) is 16.9 Å². The topological polar surface area (TPSA) is 46.3 Å². The van der Waals surface area contributed by atoms with Crippen LogP contribution in [0.1, 0.15) is 56.9 Å². The van der Waals surface area contributed by atoms with Crippen LogP contribution in [0.15, 0.2) is 30.3 Å². The van der Waals surface area contributed by atoms with Crippen molar-refractivity contribution in [1.82, 2.24) is 4.90 Å². The zero-order valence-electron chi connectivity index (χ0n) is 15.1. The third-order valence-corrected chi connectivity index (χ3v) is 7.73. The summed E-state index contributed by atoms with van der Waals surface area (Å²) in [5, 5.41) is 0. The molecule has 4 aliphatic carbocycles. The largest absolute Gasteiger partial charge is 0.342 e. The Kier molecular flexibility index (Phi) is 3.54. The van der Waals surface area contributed by atoms with Crippen molar-refractivity contribution in [3.8, 4) is 0 Å². The highest BCUT2D eigenvalue weighted by molar-refractivity contribution is 5.83. The molecule has 1 aromatic carbocycles. The smallest absolute Gasteiger partial charge is 0.228 e. The predicted octanol–water partition coefficient (Wildman–Crippen LogP) is 3.47. The molecule has 134 valence electrons. The molecule has 3 nitrogen and oxygen atoms in total. The van der Waals surface area contributed by atoms with E-state index in [2.05, 4.69) is 35.2 Å². The Morgan fingerprint density at radius 1 is 1.00 bits per heavy atom. The van der Waals surface area contributed by atoms with Crippen molar-refractivity contribution >= 4 is 5.91 Å². The molecule has 3 heteroatoms. The molecule has 1 heterocycles. The summed E-state index contributed by atoms with van der Waals surface area (Å²) < 4.78 is 0. The summed E-state index contributed by atoms with van der Waals surface area (Å²) in [6.07, 6.45) is 9.25. The summed E-state index contributed by atoms with van der Waals surface area (Å²) in [4.78, 5) is 15.8. The standard InChI is InChI=1S/C22H30N2O/c23-19-6-8-24(9-7-19)20(25)22-13-16-10-17(14-22)12-21(11-16,15-22)18-4-2-1-3-5-18/h1-5,16-17,19H,6-15,23H2. The Hall–Kier alpha value is -1.35. The third kappa shape index (κ3) is 2.46. The van der Waals surface area contributed by atoms with Crippen LogP contribution in [0.3, 0.4) is 0 Å². The first-order valence-electron chi connectivity index (χ1n) is 10.2. The van der Waals surface area contributed by atoms with Crippen LogP contribution in [0, 0.1) is 17.3 Å². The lowest BCUT2D eigenvalue weighted by molar-refractivity contribution is -0.161. The highest BCUT2D eigenvalue weighted by Crippen LogP contribution is 2.66. The minimum absolute atomic E-state index is 0.0820. The lowest BCUT2D eigenvalue weighted by Gasteiger charge is -2.62. The Morgan fingerprint density at radius 3 is 2.28 bits per heavy atom. The molecule has 4 saturated carbocycles. The van der Waals surface area contributed by atoms with Gasteiger partial charge in [-0.3, -0.25) is 4.79 Å². The van der Waals surface area contributed by atoms with Gasteiger partial charge in [-0.15, -0.1) is 0 Å². The van der Waals surface area contributed by atoms with E-state index in [0.717, 1.165) is 57.0 Å². The molecule has 2 atom stereocenters. The molecule has 2 N–H and O–H groups in total. The first-order valence-corrected chi connectivity index (χ1v) is 10.2. The second-order valence-electron chi connectivity index (χ2n) is 9.52. The van der Waals surface area contributed by atoms with Crippen LogP contribution >= 0.6 is 0 Å². The maximum absolute atomic E-state index is 13.6. The molecule has 4 bridgehead atoms. The molecule has 1 saturated heterocycles. The van der Waals surface area contributed by atoms with E-state index in [1.807, 2.05) is 0 Å². The summed E-state index contributed by atoms with van der Waals surface area (Å²) in [6, 6.07) is 11.4. The molecular formula is C22H30N2O. The Balaban J connectivity index is 1.47. The summed E-state index contributed by atoms with van der Waals surface area (Å²) in [6.45, 7) is 1.74. The van der Waals surface area contributed by atoms with Crippen molar-refractivity contribution in [1.29, 1.82) is 0 Å². The first-order chi connectivity index (χ1) is 12.1. The van der Waals surface area contributed by atoms with Crippen LogP contribution in [0.5, 0.6) is 0 Å². The van der Waals surface area contributed by atoms with Crippen molar-refractivity contribution in [2.24, 2.45) is 23.0 Å². The van der Waals surface area contributed by atoms with E-state index in [4.69, 9.17) is 5.73 Å². The van der Waals surface area contributed by atoms with E-state index < -0.39 is 0 Å². The number of hydrogen-bond acceptors (Lipinski definition) is 2. The molecule has 1 amide bonds. The fourth-order valence-electron chi connectivity index (χ4n) is 7.08. The molecule has 25 heavy (non-hydrogen) atoms. The second kappa shape index (κ2) is 5.57. The maximum atomic E-state index is 13.6. The molecule has 0 radical (unpaired) electrons. The number of likely N-dealkylation sites (tertiary alicyclic amines) is 1. The van der Waals surface area contributed by atoms with E-state index in [0.29, 0.717) is 5.91 Å². The Morgan fingerprint density at radius 2 is 1.64 bits per heavy atom. The van der Waals surface area contributed by atoms with Gasteiger partial charge in [-0.1, -0.05) is 30.3 Å². The molecule has 0 spiro atoms. The van der Waals surface area contributed by atoms with E-state index in [1.54, 1.807) is 0 Å². The van der Waals surface area contributed by atoms with Gasteiger partial charge in [-0.05, 0) is 74.2 Å². The highest BCUT2D eigenvalue weighted by atomic mass is 16.2. The fraction of sp³-hybridized carbons (Fsp3) is 0.682. The van der Waals surface area contributed by atoms with Crippen molar-refractivity contribution in [3.63, 3.8) is 0 Å². The van der Waals surface area contributed by atoms with Crippen LogP contribution in [0.2, 0.25) is 0 Å². The van der Waals surface area contributed by atoms with Crippen LogP contribution in [-0.4, -0.2) is 29.9 Å². The van der Waals surface area contributed by atoms with E-state index in [9.17, 15) is 4.79 Å². The molecular weight excluding hydrogens is 308 g/mol. The van der Waals surface area contributed by atoms with Gasteiger partial charge in [0, 0.05) is 19.1 Å². The van der Waals surface area contributed by atoms with E-state index in [1.165, 1.54) is 24.8 Å². The van der Waals surface area contributed by atoms with Crippen LogP contribution in [-0.2, 0) is 10.2 Å². The minimum atomic E-state index is -0.0820. The van der Waals surface area contributed by atoms with Gasteiger partial charge >= 0.3 is 0 Å². The summed E-state index contributed by atoms with van der Waals surface area (Å²) >= 11 is 0. The van der Waals surface area contributed by atoms with Gasteiger partial charge in [0.2, 0.25) is 5.91 Å². The third-order valence-electron chi connectivity index (χ3n) is 7.73. The fourth-order valence-corrected chi connectivity index (χ4v) is 7.08. The average Bonchev–Trinajstić information content (AvgIpc) is 2.61. The predicted molar refractivity (Wildman–Crippen MR) is 99.0 cm³/mol. The summed E-state index contributed by atoms with van der Waals surface area (Å²) in [5.41, 5.74) is 7.73. The number of hydrogen-bond donors (Lipinski definition) is 1. The monoisotopic (exact) mass is 338 g/mol. The number of carbonyl (C=O) groups excluding carboxylic acids is 1. The molecule has 5 aliphatic rings. The number of nitrogens with two attached hydrogens (primary N) is 1. The van der Waals surface area contributed by atoms with Gasteiger partial charge in [0.15, 0.2) is 0 Å². The molecule has 1 aliphatic heterocycles. The van der Waals surface area contributed by atoms with Gasteiger partial charge < -0.3 is 10.6 Å². The van der Waals surface area contributed by atoms with E-state index >= 15 is 0 Å². The number of benzene rings is 1. The zero-order valence-corrected chi connectivity index (χ0v) is 15.1. The van der Waals surface area contributed by atoms with Crippen LogP contribution in [0.25, 0.3) is 0 Å². The average molecular weight is 338 g/mol. The quantitative estimate of drug-likeness (QED) is 0.897. The van der Waals surface area contributed by atoms with Crippen LogP contribution < -0.4 is 5.73 Å². The van der Waals surface area contributed by atoms with Gasteiger partial charge in [0.05, 0.1) is 5.41 Å². The van der Waals surface area contributed by atoms with Gasteiger partial charge in [0.1, 0.15) is 0 Å². The van der Waals surface area contributed by atoms with Crippen molar-refractivity contribution in [3.05, 3.63) is 35.9 Å². The minimum Gasteiger partial charge on any atom is -0.342 e. The number of rotatable bonds is 2. The SMILES string of the molecule is NC1CCN(C(=O)C23CC4CC(C2)CC(c2ccccc2)(C4)C3)CC1.